The fourth-order valence-electron chi connectivity index (χ4n) is 2.70. The van der Waals surface area contributed by atoms with Gasteiger partial charge in [-0.25, -0.2) is 0 Å². The molecule has 0 radical (unpaired) electrons. The molecule has 3 aromatic rings. The summed E-state index contributed by atoms with van der Waals surface area (Å²) < 4.78 is 1.73. The molecule has 0 spiro atoms. The van der Waals surface area contributed by atoms with E-state index < -0.39 is 0 Å². The number of nitrogen functional groups attached to an aromatic ring is 1. The summed E-state index contributed by atoms with van der Waals surface area (Å²) in [5.74, 6) is 0.666. The quantitative estimate of drug-likeness (QED) is 0.782. The number of aryl methyl sites for hydroxylation is 3. The second-order valence-corrected chi connectivity index (χ2v) is 5.24. The monoisotopic (exact) mass is 278 g/mol. The van der Waals surface area contributed by atoms with Gasteiger partial charge in [0.25, 0.3) is 0 Å². The maximum Gasteiger partial charge on any atom is 0.129 e. The van der Waals surface area contributed by atoms with Crippen LogP contribution in [0.1, 0.15) is 11.1 Å². The molecule has 21 heavy (non-hydrogen) atoms. The molecule has 0 bridgehead atoms. The minimum absolute atomic E-state index is 0.666. The molecule has 2 heterocycles. The number of hydrogen-bond acceptors (Lipinski definition) is 3. The van der Waals surface area contributed by atoms with E-state index >= 15 is 0 Å². The third-order valence-electron chi connectivity index (χ3n) is 3.78. The first-order valence-corrected chi connectivity index (χ1v) is 6.89. The summed E-state index contributed by atoms with van der Waals surface area (Å²) in [6, 6.07) is 10.2. The first-order chi connectivity index (χ1) is 10.1. The lowest BCUT2D eigenvalue weighted by molar-refractivity contribution is 0.782. The highest BCUT2D eigenvalue weighted by atomic mass is 15.3. The van der Waals surface area contributed by atoms with Crippen LogP contribution < -0.4 is 5.73 Å². The zero-order valence-corrected chi connectivity index (χ0v) is 12.5. The predicted molar refractivity (Wildman–Crippen MR) is 85.8 cm³/mol. The van der Waals surface area contributed by atoms with Gasteiger partial charge in [-0.1, -0.05) is 18.2 Å². The van der Waals surface area contributed by atoms with Crippen molar-refractivity contribution in [3.8, 4) is 22.4 Å². The molecule has 0 atom stereocenters. The molecule has 0 unspecified atom stereocenters. The fourth-order valence-corrected chi connectivity index (χ4v) is 2.70. The van der Waals surface area contributed by atoms with E-state index in [1.165, 1.54) is 11.1 Å². The molecule has 0 saturated heterocycles. The van der Waals surface area contributed by atoms with Crippen molar-refractivity contribution in [2.75, 3.05) is 5.73 Å². The third kappa shape index (κ3) is 2.18. The van der Waals surface area contributed by atoms with Crippen LogP contribution in [-0.2, 0) is 7.05 Å². The van der Waals surface area contributed by atoms with Crippen LogP contribution in [0.5, 0.6) is 0 Å². The van der Waals surface area contributed by atoms with E-state index in [1.807, 2.05) is 19.2 Å². The lowest BCUT2D eigenvalue weighted by Crippen LogP contribution is -1.98. The number of nitrogens with two attached hydrogens (primary N) is 1. The molecular formula is C17H18N4. The molecule has 0 fully saturated rings. The summed E-state index contributed by atoms with van der Waals surface area (Å²) in [6.07, 6.45) is 3.55. The molecule has 1 aromatic carbocycles. The zero-order chi connectivity index (χ0) is 15.0. The second-order valence-electron chi connectivity index (χ2n) is 5.24. The lowest BCUT2D eigenvalue weighted by atomic mass is 9.95. The van der Waals surface area contributed by atoms with Crippen molar-refractivity contribution in [3.05, 3.63) is 53.9 Å². The van der Waals surface area contributed by atoms with Crippen molar-refractivity contribution in [3.63, 3.8) is 0 Å². The number of aromatic nitrogens is 3. The van der Waals surface area contributed by atoms with Crippen LogP contribution in [0, 0.1) is 13.8 Å². The molecule has 2 N–H and O–H groups in total. The second kappa shape index (κ2) is 5.05. The number of hydrogen-bond donors (Lipinski definition) is 1. The molecule has 4 nitrogen and oxygen atoms in total. The smallest absolute Gasteiger partial charge is 0.129 e. The third-order valence-corrected chi connectivity index (χ3v) is 3.78. The Balaban J connectivity index is 2.33. The van der Waals surface area contributed by atoms with E-state index in [0.717, 1.165) is 22.4 Å². The number of rotatable bonds is 2. The van der Waals surface area contributed by atoms with Gasteiger partial charge in [0.2, 0.25) is 0 Å². The van der Waals surface area contributed by atoms with Crippen molar-refractivity contribution in [2.45, 2.75) is 13.8 Å². The first kappa shape index (κ1) is 13.4. The molecule has 3 rings (SSSR count). The molecule has 2 aromatic heterocycles. The van der Waals surface area contributed by atoms with Crippen LogP contribution in [0.15, 0.2) is 42.7 Å². The van der Waals surface area contributed by atoms with Gasteiger partial charge in [-0.05, 0) is 42.7 Å². The summed E-state index contributed by atoms with van der Waals surface area (Å²) in [6.45, 7) is 4.20. The van der Waals surface area contributed by atoms with E-state index in [1.54, 1.807) is 17.1 Å². The standard InChI is InChI=1S/C17H18N4/c1-11-5-4-6-12(2)14(11)16-15(17(18)21(3)20-16)13-7-9-19-10-8-13/h4-10H,18H2,1-3H3. The predicted octanol–water partition coefficient (Wildman–Crippen LogP) is 3.35. The van der Waals surface area contributed by atoms with Gasteiger partial charge in [-0.3, -0.25) is 9.67 Å². The van der Waals surface area contributed by atoms with Crippen LogP contribution in [0.4, 0.5) is 5.82 Å². The number of nitrogens with zero attached hydrogens (tertiary/aromatic N) is 3. The fraction of sp³-hybridized carbons (Fsp3) is 0.176. The van der Waals surface area contributed by atoms with E-state index in [0.29, 0.717) is 5.82 Å². The molecule has 0 aliphatic heterocycles. The van der Waals surface area contributed by atoms with Crippen LogP contribution in [0.2, 0.25) is 0 Å². The van der Waals surface area contributed by atoms with E-state index in [4.69, 9.17) is 5.73 Å². The first-order valence-electron chi connectivity index (χ1n) is 6.89. The average Bonchev–Trinajstić information content (AvgIpc) is 2.75. The molecule has 0 aliphatic carbocycles. The minimum Gasteiger partial charge on any atom is -0.383 e. The molecular weight excluding hydrogens is 260 g/mol. The van der Waals surface area contributed by atoms with E-state index in [2.05, 4.69) is 42.1 Å². The molecule has 106 valence electrons. The van der Waals surface area contributed by atoms with Crippen molar-refractivity contribution >= 4 is 5.82 Å². The average molecular weight is 278 g/mol. The summed E-state index contributed by atoms with van der Waals surface area (Å²) in [5, 5.41) is 4.65. The molecule has 0 amide bonds. The Morgan fingerprint density at radius 2 is 1.57 bits per heavy atom. The maximum absolute atomic E-state index is 6.25. The van der Waals surface area contributed by atoms with Crippen LogP contribution >= 0.6 is 0 Å². The van der Waals surface area contributed by atoms with Crippen molar-refractivity contribution in [1.29, 1.82) is 0 Å². The maximum atomic E-state index is 6.25. The Kier molecular flexibility index (Phi) is 3.22. The van der Waals surface area contributed by atoms with Gasteiger partial charge < -0.3 is 5.73 Å². The Labute approximate surface area is 124 Å². The molecule has 4 heteroatoms. The van der Waals surface area contributed by atoms with Gasteiger partial charge in [0.15, 0.2) is 0 Å². The number of benzene rings is 1. The largest absolute Gasteiger partial charge is 0.383 e. The van der Waals surface area contributed by atoms with Crippen LogP contribution in [0.3, 0.4) is 0 Å². The topological polar surface area (TPSA) is 56.7 Å². The van der Waals surface area contributed by atoms with Gasteiger partial charge in [-0.2, -0.15) is 5.10 Å². The Bertz CT molecular complexity index is 768. The highest BCUT2D eigenvalue weighted by Gasteiger charge is 2.19. The molecule has 0 saturated carbocycles. The Morgan fingerprint density at radius 1 is 0.952 bits per heavy atom. The Morgan fingerprint density at radius 3 is 2.19 bits per heavy atom. The molecule has 0 aliphatic rings. The van der Waals surface area contributed by atoms with Gasteiger partial charge in [0.05, 0.1) is 5.56 Å². The summed E-state index contributed by atoms with van der Waals surface area (Å²) in [7, 11) is 1.87. The van der Waals surface area contributed by atoms with Crippen LogP contribution in [-0.4, -0.2) is 14.8 Å². The van der Waals surface area contributed by atoms with Gasteiger partial charge in [0, 0.05) is 25.0 Å². The summed E-state index contributed by atoms with van der Waals surface area (Å²) >= 11 is 0. The SMILES string of the molecule is Cc1cccc(C)c1-c1nn(C)c(N)c1-c1ccncc1. The zero-order valence-electron chi connectivity index (χ0n) is 12.5. The van der Waals surface area contributed by atoms with Gasteiger partial charge >= 0.3 is 0 Å². The highest BCUT2D eigenvalue weighted by Crippen LogP contribution is 2.38. The van der Waals surface area contributed by atoms with Crippen LogP contribution in [0.25, 0.3) is 22.4 Å². The normalized spacial score (nSPS) is 10.8. The van der Waals surface area contributed by atoms with Crippen molar-refractivity contribution < 1.29 is 0 Å². The number of anilines is 1. The minimum atomic E-state index is 0.666. The van der Waals surface area contributed by atoms with Crippen molar-refractivity contribution in [2.24, 2.45) is 7.05 Å². The Hall–Kier alpha value is -2.62. The van der Waals surface area contributed by atoms with Gasteiger partial charge in [0.1, 0.15) is 11.5 Å². The van der Waals surface area contributed by atoms with Gasteiger partial charge in [-0.15, -0.1) is 0 Å². The van der Waals surface area contributed by atoms with E-state index in [-0.39, 0.29) is 0 Å². The summed E-state index contributed by atoms with van der Waals surface area (Å²) in [4.78, 5) is 4.08. The van der Waals surface area contributed by atoms with Crippen molar-refractivity contribution in [1.82, 2.24) is 14.8 Å². The highest BCUT2D eigenvalue weighted by molar-refractivity contribution is 5.89. The van der Waals surface area contributed by atoms with E-state index in [9.17, 15) is 0 Å². The summed E-state index contributed by atoms with van der Waals surface area (Å²) in [5.41, 5.74) is 12.7. The lowest BCUT2D eigenvalue weighted by Gasteiger charge is -2.09. The number of pyridine rings is 1.